The van der Waals surface area contributed by atoms with Crippen molar-refractivity contribution in [3.8, 4) is 0 Å². The fourth-order valence-electron chi connectivity index (χ4n) is 2.53. The highest BCUT2D eigenvalue weighted by molar-refractivity contribution is 5.76. The van der Waals surface area contributed by atoms with Gasteiger partial charge in [0, 0.05) is 26.1 Å². The molecule has 2 aromatic rings. The van der Waals surface area contributed by atoms with Gasteiger partial charge in [0.1, 0.15) is 5.82 Å². The highest BCUT2D eigenvalue weighted by Gasteiger charge is 2.16. The largest absolute Gasteiger partial charge is 0.341 e. The first-order valence-corrected chi connectivity index (χ1v) is 7.75. The van der Waals surface area contributed by atoms with Crippen LogP contribution in [0.1, 0.15) is 23.1 Å². The molecular weight excluding hydrogens is 291 g/mol. The van der Waals surface area contributed by atoms with E-state index in [-0.39, 0.29) is 18.1 Å². The monoisotopic (exact) mass is 314 g/mol. The zero-order chi connectivity index (χ0) is 16.8. The molecule has 0 aromatic heterocycles. The summed E-state index contributed by atoms with van der Waals surface area (Å²) in [5, 5.41) is 0. The Labute approximate surface area is 136 Å². The van der Waals surface area contributed by atoms with Crippen LogP contribution in [0, 0.1) is 12.7 Å². The van der Waals surface area contributed by atoms with Crippen molar-refractivity contribution < 1.29 is 9.18 Å². The maximum Gasteiger partial charge on any atom is 0.224 e. The summed E-state index contributed by atoms with van der Waals surface area (Å²) in [7, 11) is 1.77. The summed E-state index contributed by atoms with van der Waals surface area (Å²) in [5.74, 6) is -0.305. The summed E-state index contributed by atoms with van der Waals surface area (Å²) in [6, 6.07) is 14.1. The van der Waals surface area contributed by atoms with Gasteiger partial charge in [0.05, 0.1) is 0 Å². The number of rotatable bonds is 6. The minimum Gasteiger partial charge on any atom is -0.341 e. The summed E-state index contributed by atoms with van der Waals surface area (Å²) in [6.07, 6.45) is 0.563. The second-order valence-corrected chi connectivity index (χ2v) is 5.94. The molecular formula is C19H23FN2O. The van der Waals surface area contributed by atoms with Gasteiger partial charge in [-0.3, -0.25) is 4.79 Å². The molecule has 0 aliphatic rings. The molecule has 1 unspecified atom stereocenters. The predicted molar refractivity (Wildman–Crippen MR) is 90.3 cm³/mol. The van der Waals surface area contributed by atoms with E-state index in [1.54, 1.807) is 30.1 Å². The van der Waals surface area contributed by atoms with Crippen molar-refractivity contribution in [2.45, 2.75) is 32.4 Å². The van der Waals surface area contributed by atoms with Crippen molar-refractivity contribution in [3.05, 3.63) is 71.0 Å². The zero-order valence-electron chi connectivity index (χ0n) is 13.6. The van der Waals surface area contributed by atoms with Gasteiger partial charge < -0.3 is 10.6 Å². The molecule has 4 heteroatoms. The van der Waals surface area contributed by atoms with Crippen LogP contribution in [0.25, 0.3) is 0 Å². The first-order chi connectivity index (χ1) is 11.0. The Hall–Kier alpha value is -2.20. The number of benzene rings is 2. The van der Waals surface area contributed by atoms with Gasteiger partial charge in [0.15, 0.2) is 0 Å². The summed E-state index contributed by atoms with van der Waals surface area (Å²) >= 11 is 0. The molecule has 2 aromatic carbocycles. The first-order valence-electron chi connectivity index (χ1n) is 7.75. The fraction of sp³-hybridized carbons (Fsp3) is 0.316. The molecule has 0 saturated heterocycles. The lowest BCUT2D eigenvalue weighted by molar-refractivity contribution is -0.130. The van der Waals surface area contributed by atoms with Crippen molar-refractivity contribution in [2.75, 3.05) is 7.05 Å². The van der Waals surface area contributed by atoms with Gasteiger partial charge in [-0.05, 0) is 36.1 Å². The Bertz CT molecular complexity index is 672. The van der Waals surface area contributed by atoms with E-state index in [9.17, 15) is 9.18 Å². The SMILES string of the molecule is Cc1ccccc1CN(C)C(=O)CC(N)Cc1ccccc1F. The number of hydrogen-bond acceptors (Lipinski definition) is 2. The minimum atomic E-state index is -0.390. The molecule has 0 bridgehead atoms. The lowest BCUT2D eigenvalue weighted by atomic mass is 10.0. The zero-order valence-corrected chi connectivity index (χ0v) is 13.6. The Morgan fingerprint density at radius 3 is 2.39 bits per heavy atom. The molecule has 0 heterocycles. The number of halogens is 1. The number of carbonyl (C=O) groups is 1. The predicted octanol–water partition coefficient (Wildman–Crippen LogP) is 3.05. The molecule has 0 saturated carbocycles. The lowest BCUT2D eigenvalue weighted by Crippen LogP contribution is -2.34. The Balaban J connectivity index is 1.90. The number of hydrogen-bond donors (Lipinski definition) is 1. The topological polar surface area (TPSA) is 46.3 Å². The quantitative estimate of drug-likeness (QED) is 0.891. The molecule has 1 amide bonds. The Morgan fingerprint density at radius 2 is 1.74 bits per heavy atom. The van der Waals surface area contributed by atoms with Gasteiger partial charge >= 0.3 is 0 Å². The van der Waals surface area contributed by atoms with Crippen molar-refractivity contribution in [1.82, 2.24) is 4.90 Å². The third-order valence-corrected chi connectivity index (χ3v) is 3.97. The third kappa shape index (κ3) is 4.89. The number of nitrogens with two attached hydrogens (primary N) is 1. The van der Waals surface area contributed by atoms with Crippen LogP contribution in [0.5, 0.6) is 0 Å². The van der Waals surface area contributed by atoms with E-state index in [0.717, 1.165) is 11.1 Å². The fourth-order valence-corrected chi connectivity index (χ4v) is 2.53. The highest BCUT2D eigenvalue weighted by atomic mass is 19.1. The molecule has 0 aliphatic heterocycles. The highest BCUT2D eigenvalue weighted by Crippen LogP contribution is 2.13. The molecule has 0 fully saturated rings. The second kappa shape index (κ2) is 7.88. The molecule has 122 valence electrons. The van der Waals surface area contributed by atoms with Crippen LogP contribution in [0.4, 0.5) is 4.39 Å². The average molecular weight is 314 g/mol. The van der Waals surface area contributed by atoms with E-state index < -0.39 is 6.04 Å². The van der Waals surface area contributed by atoms with E-state index in [1.807, 2.05) is 31.2 Å². The van der Waals surface area contributed by atoms with Crippen LogP contribution in [-0.2, 0) is 17.8 Å². The van der Waals surface area contributed by atoms with Gasteiger partial charge in [0.25, 0.3) is 0 Å². The van der Waals surface area contributed by atoms with Gasteiger partial charge in [0.2, 0.25) is 5.91 Å². The second-order valence-electron chi connectivity index (χ2n) is 5.94. The molecule has 23 heavy (non-hydrogen) atoms. The Kier molecular flexibility index (Phi) is 5.88. The van der Waals surface area contributed by atoms with Crippen molar-refractivity contribution in [1.29, 1.82) is 0 Å². The van der Waals surface area contributed by atoms with Gasteiger partial charge in [-0.1, -0.05) is 42.5 Å². The van der Waals surface area contributed by atoms with E-state index >= 15 is 0 Å². The smallest absolute Gasteiger partial charge is 0.224 e. The molecule has 1 atom stereocenters. The van der Waals surface area contributed by atoms with Gasteiger partial charge in [-0.25, -0.2) is 4.39 Å². The van der Waals surface area contributed by atoms with Crippen LogP contribution in [0.2, 0.25) is 0 Å². The average Bonchev–Trinajstić information content (AvgIpc) is 2.51. The first kappa shape index (κ1) is 17.2. The maximum atomic E-state index is 13.6. The van der Waals surface area contributed by atoms with E-state index in [4.69, 9.17) is 5.73 Å². The number of amides is 1. The van der Waals surface area contributed by atoms with E-state index in [2.05, 4.69) is 0 Å². The van der Waals surface area contributed by atoms with E-state index in [1.165, 1.54) is 6.07 Å². The number of aryl methyl sites for hydroxylation is 1. The molecule has 2 rings (SSSR count). The molecule has 0 spiro atoms. The summed E-state index contributed by atoms with van der Waals surface area (Å²) < 4.78 is 13.6. The molecule has 3 nitrogen and oxygen atoms in total. The van der Waals surface area contributed by atoms with E-state index in [0.29, 0.717) is 18.5 Å². The van der Waals surface area contributed by atoms with Crippen molar-refractivity contribution in [3.63, 3.8) is 0 Å². The molecule has 2 N–H and O–H groups in total. The molecule has 0 aliphatic carbocycles. The normalized spacial score (nSPS) is 12.0. The van der Waals surface area contributed by atoms with Crippen molar-refractivity contribution in [2.24, 2.45) is 5.73 Å². The number of carbonyl (C=O) groups excluding carboxylic acids is 1. The van der Waals surface area contributed by atoms with Crippen LogP contribution in [0.15, 0.2) is 48.5 Å². The minimum absolute atomic E-state index is 0.0305. The molecule has 0 radical (unpaired) electrons. The lowest BCUT2D eigenvalue weighted by Gasteiger charge is -2.21. The number of nitrogens with zero attached hydrogens (tertiary/aromatic N) is 1. The maximum absolute atomic E-state index is 13.6. The van der Waals surface area contributed by atoms with Crippen LogP contribution in [-0.4, -0.2) is 23.9 Å². The summed E-state index contributed by atoms with van der Waals surface area (Å²) in [6.45, 7) is 2.58. The van der Waals surface area contributed by atoms with Crippen LogP contribution >= 0.6 is 0 Å². The third-order valence-electron chi connectivity index (χ3n) is 3.97. The van der Waals surface area contributed by atoms with Crippen LogP contribution in [0.3, 0.4) is 0 Å². The summed E-state index contributed by atoms with van der Waals surface area (Å²) in [5.41, 5.74) is 8.84. The van der Waals surface area contributed by atoms with Crippen LogP contribution < -0.4 is 5.73 Å². The Morgan fingerprint density at radius 1 is 1.13 bits per heavy atom. The summed E-state index contributed by atoms with van der Waals surface area (Å²) in [4.78, 5) is 14.0. The van der Waals surface area contributed by atoms with Gasteiger partial charge in [-0.15, -0.1) is 0 Å². The standard InChI is InChI=1S/C19H23FN2O/c1-14-7-3-4-9-16(14)13-22(2)19(23)12-17(21)11-15-8-5-6-10-18(15)20/h3-10,17H,11-13,21H2,1-2H3. The van der Waals surface area contributed by atoms with Gasteiger partial charge in [-0.2, -0.15) is 0 Å². The van der Waals surface area contributed by atoms with Crippen molar-refractivity contribution >= 4 is 5.91 Å².